The lowest BCUT2D eigenvalue weighted by Crippen LogP contribution is -3.13. The van der Waals surface area contributed by atoms with E-state index in [-0.39, 0.29) is 5.91 Å². The van der Waals surface area contributed by atoms with Gasteiger partial charge < -0.3 is 9.80 Å². The number of benzene rings is 2. The molecule has 1 amide bonds. The molecule has 0 atom stereocenters. The third-order valence-electron chi connectivity index (χ3n) is 4.53. The summed E-state index contributed by atoms with van der Waals surface area (Å²) >= 11 is 5.98. The number of nitrogens with one attached hydrogen (secondary N) is 1. The second kappa shape index (κ2) is 7.16. The van der Waals surface area contributed by atoms with E-state index in [1.165, 1.54) is 16.0 Å². The van der Waals surface area contributed by atoms with Gasteiger partial charge in [-0.15, -0.1) is 0 Å². The fourth-order valence-electron chi connectivity index (χ4n) is 3.08. The van der Waals surface area contributed by atoms with Crippen molar-refractivity contribution in [3.63, 3.8) is 0 Å². The van der Waals surface area contributed by atoms with Crippen LogP contribution in [-0.4, -0.2) is 37.0 Å². The highest BCUT2D eigenvalue weighted by Crippen LogP contribution is 2.13. The number of aryl methyl sites for hydroxylation is 1. The quantitative estimate of drug-likeness (QED) is 0.917. The number of piperazine rings is 1. The molecule has 0 bridgehead atoms. The van der Waals surface area contributed by atoms with E-state index in [1.807, 2.05) is 17.0 Å². The topological polar surface area (TPSA) is 24.8 Å². The zero-order chi connectivity index (χ0) is 16.2. The fraction of sp³-hybridized carbons (Fsp3) is 0.316. The summed E-state index contributed by atoms with van der Waals surface area (Å²) in [6, 6.07) is 15.7. The summed E-state index contributed by atoms with van der Waals surface area (Å²) < 4.78 is 0. The average molecular weight is 330 g/mol. The molecule has 1 aliphatic heterocycles. The Bertz CT molecular complexity index is 693. The van der Waals surface area contributed by atoms with E-state index in [4.69, 9.17) is 11.6 Å². The van der Waals surface area contributed by atoms with Gasteiger partial charge in [0, 0.05) is 16.1 Å². The van der Waals surface area contributed by atoms with Crippen molar-refractivity contribution in [1.29, 1.82) is 0 Å². The monoisotopic (exact) mass is 329 g/mol. The molecule has 0 radical (unpaired) electrons. The lowest BCUT2D eigenvalue weighted by atomic mass is 10.1. The molecule has 0 saturated carbocycles. The van der Waals surface area contributed by atoms with Gasteiger partial charge in [0.15, 0.2) is 0 Å². The van der Waals surface area contributed by atoms with Gasteiger partial charge in [0.1, 0.15) is 6.54 Å². The molecule has 2 aromatic rings. The second-order valence-electron chi connectivity index (χ2n) is 6.16. The van der Waals surface area contributed by atoms with E-state index in [0.717, 1.165) is 32.7 Å². The summed E-state index contributed by atoms with van der Waals surface area (Å²) in [5.41, 5.74) is 3.43. The number of hydrogen-bond donors (Lipinski definition) is 1. The molecule has 0 unspecified atom stereocenters. The van der Waals surface area contributed by atoms with Gasteiger partial charge in [-0.3, -0.25) is 4.79 Å². The minimum atomic E-state index is 0.0856. The minimum Gasteiger partial charge on any atom is -0.328 e. The van der Waals surface area contributed by atoms with Crippen LogP contribution in [-0.2, 0) is 6.54 Å². The Morgan fingerprint density at radius 2 is 1.87 bits per heavy atom. The maximum atomic E-state index is 12.5. The van der Waals surface area contributed by atoms with Gasteiger partial charge in [-0.1, -0.05) is 41.9 Å². The van der Waals surface area contributed by atoms with E-state index in [0.29, 0.717) is 10.6 Å². The van der Waals surface area contributed by atoms with Crippen molar-refractivity contribution in [2.75, 3.05) is 26.2 Å². The molecule has 2 aromatic carbocycles. The fourth-order valence-corrected chi connectivity index (χ4v) is 3.27. The first-order valence-corrected chi connectivity index (χ1v) is 8.44. The van der Waals surface area contributed by atoms with Crippen molar-refractivity contribution in [2.24, 2.45) is 0 Å². The molecule has 1 heterocycles. The summed E-state index contributed by atoms with van der Waals surface area (Å²) in [6.07, 6.45) is 0. The Balaban J connectivity index is 1.58. The van der Waals surface area contributed by atoms with Crippen LogP contribution >= 0.6 is 11.6 Å². The van der Waals surface area contributed by atoms with Crippen molar-refractivity contribution in [2.45, 2.75) is 13.5 Å². The van der Waals surface area contributed by atoms with Crippen LogP contribution in [0.1, 0.15) is 21.5 Å². The predicted octanol–water partition coefficient (Wildman–Crippen LogP) is 2.19. The number of amides is 1. The summed E-state index contributed by atoms with van der Waals surface area (Å²) in [4.78, 5) is 16.0. The van der Waals surface area contributed by atoms with Crippen LogP contribution in [0.2, 0.25) is 5.02 Å². The van der Waals surface area contributed by atoms with Crippen LogP contribution in [0.3, 0.4) is 0 Å². The molecular formula is C19H22ClN2O+. The van der Waals surface area contributed by atoms with E-state index >= 15 is 0 Å². The lowest BCUT2D eigenvalue weighted by molar-refractivity contribution is -0.917. The van der Waals surface area contributed by atoms with Crippen LogP contribution in [0.25, 0.3) is 0 Å². The summed E-state index contributed by atoms with van der Waals surface area (Å²) in [5, 5.41) is 0.611. The Kier molecular flexibility index (Phi) is 4.99. The Morgan fingerprint density at radius 3 is 2.57 bits per heavy atom. The van der Waals surface area contributed by atoms with Gasteiger partial charge in [-0.2, -0.15) is 0 Å². The summed E-state index contributed by atoms with van der Waals surface area (Å²) in [6.45, 7) is 6.76. The molecule has 1 aliphatic rings. The maximum absolute atomic E-state index is 12.5. The molecule has 3 rings (SSSR count). The van der Waals surface area contributed by atoms with Crippen molar-refractivity contribution < 1.29 is 9.69 Å². The summed E-state index contributed by atoms with van der Waals surface area (Å²) in [5.74, 6) is 0.0856. The molecule has 0 spiro atoms. The number of carbonyl (C=O) groups is 1. The highest BCUT2D eigenvalue weighted by Gasteiger charge is 2.24. The van der Waals surface area contributed by atoms with E-state index in [2.05, 4.69) is 31.2 Å². The van der Waals surface area contributed by atoms with E-state index < -0.39 is 0 Å². The largest absolute Gasteiger partial charge is 0.328 e. The molecule has 23 heavy (non-hydrogen) atoms. The molecule has 1 N–H and O–H groups in total. The maximum Gasteiger partial charge on any atom is 0.254 e. The van der Waals surface area contributed by atoms with Gasteiger partial charge in [-0.05, 0) is 30.7 Å². The van der Waals surface area contributed by atoms with Crippen molar-refractivity contribution in [3.8, 4) is 0 Å². The van der Waals surface area contributed by atoms with Gasteiger partial charge >= 0.3 is 0 Å². The van der Waals surface area contributed by atoms with Crippen LogP contribution in [0, 0.1) is 6.92 Å². The van der Waals surface area contributed by atoms with Crippen molar-refractivity contribution in [1.82, 2.24) is 4.90 Å². The molecule has 0 aromatic heterocycles. The molecule has 120 valence electrons. The normalized spacial score (nSPS) is 15.7. The van der Waals surface area contributed by atoms with Crippen LogP contribution < -0.4 is 4.90 Å². The minimum absolute atomic E-state index is 0.0856. The van der Waals surface area contributed by atoms with Crippen LogP contribution in [0.5, 0.6) is 0 Å². The average Bonchev–Trinajstić information content (AvgIpc) is 2.57. The molecular weight excluding hydrogens is 308 g/mol. The standard InChI is InChI=1S/C19H21ClN2O/c1-15-5-2-3-6-17(15)14-21-9-11-22(12-10-21)19(23)16-7-4-8-18(20)13-16/h2-8,13H,9-12,14H2,1H3/p+1. The van der Waals surface area contributed by atoms with E-state index in [9.17, 15) is 4.79 Å². The first kappa shape index (κ1) is 16.0. The lowest BCUT2D eigenvalue weighted by Gasteiger charge is -2.32. The smallest absolute Gasteiger partial charge is 0.254 e. The molecule has 3 nitrogen and oxygen atoms in total. The van der Waals surface area contributed by atoms with Crippen LogP contribution in [0.15, 0.2) is 48.5 Å². The molecule has 1 fully saturated rings. The Morgan fingerprint density at radius 1 is 1.13 bits per heavy atom. The number of carbonyl (C=O) groups excluding carboxylic acids is 1. The molecule has 0 aliphatic carbocycles. The zero-order valence-electron chi connectivity index (χ0n) is 13.4. The van der Waals surface area contributed by atoms with Gasteiger partial charge in [0.25, 0.3) is 5.91 Å². The SMILES string of the molecule is Cc1ccccc1C[NH+]1CCN(C(=O)c2cccc(Cl)c2)CC1. The summed E-state index contributed by atoms with van der Waals surface area (Å²) in [7, 11) is 0. The van der Waals surface area contributed by atoms with Gasteiger partial charge in [-0.25, -0.2) is 0 Å². The molecule has 1 saturated heterocycles. The predicted molar refractivity (Wildman–Crippen MR) is 92.9 cm³/mol. The first-order valence-electron chi connectivity index (χ1n) is 8.06. The number of quaternary nitrogens is 1. The van der Waals surface area contributed by atoms with Gasteiger partial charge in [0.2, 0.25) is 0 Å². The Labute approximate surface area is 142 Å². The first-order chi connectivity index (χ1) is 11.1. The second-order valence-corrected chi connectivity index (χ2v) is 6.59. The number of nitrogens with zero attached hydrogens (tertiary/aromatic N) is 1. The Hall–Kier alpha value is -1.84. The highest BCUT2D eigenvalue weighted by atomic mass is 35.5. The molecule has 4 heteroatoms. The van der Waals surface area contributed by atoms with Crippen molar-refractivity contribution in [3.05, 3.63) is 70.2 Å². The van der Waals surface area contributed by atoms with Crippen molar-refractivity contribution >= 4 is 17.5 Å². The zero-order valence-corrected chi connectivity index (χ0v) is 14.1. The number of rotatable bonds is 3. The number of halogens is 1. The van der Waals surface area contributed by atoms with Crippen LogP contribution in [0.4, 0.5) is 0 Å². The van der Waals surface area contributed by atoms with Gasteiger partial charge in [0.05, 0.1) is 26.2 Å². The van der Waals surface area contributed by atoms with E-state index in [1.54, 1.807) is 12.1 Å². The third-order valence-corrected chi connectivity index (χ3v) is 4.77. The third kappa shape index (κ3) is 3.92. The highest BCUT2D eigenvalue weighted by molar-refractivity contribution is 6.30. The number of hydrogen-bond acceptors (Lipinski definition) is 1.